The summed E-state index contributed by atoms with van der Waals surface area (Å²) in [7, 11) is -3.65. The van der Waals surface area contributed by atoms with Crippen LogP contribution in [0.25, 0.3) is 11.1 Å². The quantitative estimate of drug-likeness (QED) is 0.816. The molecule has 0 spiro atoms. The summed E-state index contributed by atoms with van der Waals surface area (Å²) in [4.78, 5) is 15.9. The summed E-state index contributed by atoms with van der Waals surface area (Å²) >= 11 is 0. The van der Waals surface area contributed by atoms with E-state index < -0.39 is 7.60 Å². The van der Waals surface area contributed by atoms with Gasteiger partial charge in [0, 0.05) is 6.16 Å². The molecule has 0 saturated carbocycles. The van der Waals surface area contributed by atoms with Gasteiger partial charge in [0.2, 0.25) is 0 Å². The highest BCUT2D eigenvalue weighted by Gasteiger charge is 2.05. The lowest BCUT2D eigenvalue weighted by atomic mass is 10.1. The van der Waals surface area contributed by atoms with E-state index in [4.69, 9.17) is 9.79 Å². The largest absolute Gasteiger partial charge is 0.325 e. The lowest BCUT2D eigenvalue weighted by molar-refractivity contribution is 0.375. The Balaban J connectivity index is 0.000000232. The van der Waals surface area contributed by atoms with Gasteiger partial charge in [0.05, 0.1) is 0 Å². The lowest BCUT2D eigenvalue weighted by Gasteiger charge is -1.98. The van der Waals surface area contributed by atoms with Crippen molar-refractivity contribution < 1.29 is 14.4 Å². The minimum Gasteiger partial charge on any atom is -0.324 e. The van der Waals surface area contributed by atoms with E-state index in [1.54, 1.807) is 0 Å². The highest BCUT2D eigenvalue weighted by Crippen LogP contribution is 2.32. The molecule has 0 unspecified atom stereocenters. The molecule has 2 aromatic rings. The van der Waals surface area contributed by atoms with Gasteiger partial charge in [-0.2, -0.15) is 0 Å². The van der Waals surface area contributed by atoms with Gasteiger partial charge in [-0.3, -0.25) is 4.57 Å². The first-order valence-electron chi connectivity index (χ1n) is 5.68. The first kappa shape index (κ1) is 14.7. The molecule has 2 N–H and O–H groups in total. The Morgan fingerprint density at radius 3 is 1.33 bits per heavy atom. The fourth-order valence-corrected chi connectivity index (χ4v) is 1.26. The van der Waals surface area contributed by atoms with Crippen LogP contribution in [0.15, 0.2) is 60.7 Å². The first-order valence-corrected chi connectivity index (χ1v) is 7.47. The molecule has 0 aliphatic rings. The molecule has 0 aliphatic heterocycles. The van der Waals surface area contributed by atoms with Crippen LogP contribution in [0.4, 0.5) is 0 Å². The molecular formula is C14H17O3P. The second kappa shape index (κ2) is 7.12. The molecule has 0 radical (unpaired) electrons. The third-order valence-corrected chi connectivity index (χ3v) is 3.12. The van der Waals surface area contributed by atoms with Crippen LogP contribution in [0.3, 0.4) is 0 Å². The van der Waals surface area contributed by atoms with Crippen molar-refractivity contribution in [2.24, 2.45) is 0 Å². The molecule has 18 heavy (non-hydrogen) atoms. The van der Waals surface area contributed by atoms with Gasteiger partial charge in [-0.25, -0.2) is 0 Å². The van der Waals surface area contributed by atoms with Gasteiger partial charge in [0.1, 0.15) is 0 Å². The summed E-state index contributed by atoms with van der Waals surface area (Å²) in [5, 5.41) is 0. The van der Waals surface area contributed by atoms with Crippen molar-refractivity contribution in [1.29, 1.82) is 0 Å². The molecule has 4 heteroatoms. The van der Waals surface area contributed by atoms with E-state index in [0.29, 0.717) is 0 Å². The normalized spacial score (nSPS) is 10.4. The zero-order chi connectivity index (χ0) is 13.4. The number of benzene rings is 2. The average molecular weight is 264 g/mol. The lowest BCUT2D eigenvalue weighted by Crippen LogP contribution is -1.76. The first-order chi connectivity index (χ1) is 8.53. The topological polar surface area (TPSA) is 57.5 Å². The maximum Gasteiger partial charge on any atom is 0.325 e. The molecule has 2 aromatic carbocycles. The monoisotopic (exact) mass is 264 g/mol. The predicted molar refractivity (Wildman–Crippen MR) is 74.5 cm³/mol. The molecule has 0 bridgehead atoms. The third kappa shape index (κ3) is 5.78. The van der Waals surface area contributed by atoms with Crippen LogP contribution in [0.5, 0.6) is 0 Å². The van der Waals surface area contributed by atoms with E-state index in [9.17, 15) is 4.57 Å². The molecule has 0 aromatic heterocycles. The fourth-order valence-electron chi connectivity index (χ4n) is 1.26. The van der Waals surface area contributed by atoms with Crippen LogP contribution >= 0.6 is 7.60 Å². The molecule has 0 atom stereocenters. The molecule has 0 amide bonds. The van der Waals surface area contributed by atoms with Gasteiger partial charge in [0.15, 0.2) is 0 Å². The number of rotatable bonds is 2. The minimum atomic E-state index is -3.65. The van der Waals surface area contributed by atoms with E-state index in [1.165, 1.54) is 18.1 Å². The van der Waals surface area contributed by atoms with Crippen LogP contribution in [0.2, 0.25) is 0 Å². The maximum absolute atomic E-state index is 9.69. The molecular weight excluding hydrogens is 247 g/mol. The van der Waals surface area contributed by atoms with Crippen molar-refractivity contribution in [2.45, 2.75) is 6.92 Å². The Morgan fingerprint density at radius 2 is 1.11 bits per heavy atom. The van der Waals surface area contributed by atoms with Crippen molar-refractivity contribution in [2.75, 3.05) is 6.16 Å². The van der Waals surface area contributed by atoms with Crippen LogP contribution < -0.4 is 0 Å². The van der Waals surface area contributed by atoms with Crippen molar-refractivity contribution in [3.05, 3.63) is 60.7 Å². The van der Waals surface area contributed by atoms with Gasteiger partial charge in [-0.05, 0) is 11.1 Å². The fraction of sp³-hybridized carbons (Fsp3) is 0.143. The number of hydrogen-bond acceptors (Lipinski definition) is 1. The molecule has 3 nitrogen and oxygen atoms in total. The molecule has 96 valence electrons. The zero-order valence-electron chi connectivity index (χ0n) is 10.2. The van der Waals surface area contributed by atoms with Crippen molar-refractivity contribution in [3.8, 4) is 11.1 Å². The van der Waals surface area contributed by atoms with Crippen LogP contribution in [0, 0.1) is 0 Å². The van der Waals surface area contributed by atoms with Gasteiger partial charge in [-0.1, -0.05) is 67.6 Å². The Hall–Kier alpha value is -1.41. The van der Waals surface area contributed by atoms with Crippen molar-refractivity contribution >= 4 is 7.60 Å². The molecule has 0 fully saturated rings. The Bertz CT molecular complexity index is 453. The summed E-state index contributed by atoms with van der Waals surface area (Å²) in [6.45, 7) is 1.45. The highest BCUT2D eigenvalue weighted by atomic mass is 31.2. The Kier molecular flexibility index (Phi) is 5.79. The summed E-state index contributed by atoms with van der Waals surface area (Å²) in [6.07, 6.45) is -0.0625. The van der Waals surface area contributed by atoms with Gasteiger partial charge in [-0.15, -0.1) is 0 Å². The summed E-state index contributed by atoms with van der Waals surface area (Å²) < 4.78 is 9.69. The highest BCUT2D eigenvalue weighted by molar-refractivity contribution is 7.51. The molecule has 0 heterocycles. The summed E-state index contributed by atoms with van der Waals surface area (Å²) in [5.41, 5.74) is 2.55. The zero-order valence-corrected chi connectivity index (χ0v) is 11.1. The van der Waals surface area contributed by atoms with Crippen molar-refractivity contribution in [3.63, 3.8) is 0 Å². The maximum atomic E-state index is 9.69. The molecule has 2 rings (SSSR count). The smallest absolute Gasteiger partial charge is 0.324 e. The van der Waals surface area contributed by atoms with E-state index in [0.717, 1.165) is 0 Å². The van der Waals surface area contributed by atoms with E-state index in [-0.39, 0.29) is 6.16 Å². The van der Waals surface area contributed by atoms with E-state index in [2.05, 4.69) is 48.5 Å². The Morgan fingerprint density at radius 1 is 0.833 bits per heavy atom. The second-order valence-electron chi connectivity index (χ2n) is 3.71. The average Bonchev–Trinajstić information content (AvgIpc) is 2.41. The van der Waals surface area contributed by atoms with Crippen LogP contribution in [0.1, 0.15) is 6.92 Å². The van der Waals surface area contributed by atoms with Gasteiger partial charge >= 0.3 is 7.60 Å². The summed E-state index contributed by atoms with van der Waals surface area (Å²) in [5.74, 6) is 0. The third-order valence-electron chi connectivity index (χ3n) is 2.29. The van der Waals surface area contributed by atoms with Crippen LogP contribution in [-0.4, -0.2) is 15.9 Å². The second-order valence-corrected chi connectivity index (χ2v) is 5.67. The van der Waals surface area contributed by atoms with Gasteiger partial charge < -0.3 is 9.79 Å². The van der Waals surface area contributed by atoms with E-state index in [1.807, 2.05) is 12.1 Å². The summed E-state index contributed by atoms with van der Waals surface area (Å²) in [6, 6.07) is 20.8. The molecule has 0 saturated heterocycles. The van der Waals surface area contributed by atoms with Gasteiger partial charge in [0.25, 0.3) is 0 Å². The SMILES string of the molecule is CCP(=O)(O)O.c1ccc(-c2ccccc2)cc1. The van der Waals surface area contributed by atoms with Crippen molar-refractivity contribution in [1.82, 2.24) is 0 Å². The minimum absolute atomic E-state index is 0.0625. The Labute approximate surface area is 107 Å². The van der Waals surface area contributed by atoms with Crippen LogP contribution in [-0.2, 0) is 4.57 Å². The van der Waals surface area contributed by atoms with E-state index >= 15 is 0 Å². The predicted octanol–water partition coefficient (Wildman–Crippen LogP) is 3.54. The number of hydrogen-bond donors (Lipinski definition) is 2. The molecule has 0 aliphatic carbocycles. The standard InChI is InChI=1S/C12H10.C2H7O3P/c1-3-7-11(8-4-1)12-9-5-2-6-10-12;1-2-6(3,4)5/h1-10H;2H2,1H3,(H2,3,4,5).